The molecule has 1 fully saturated rings. The van der Waals surface area contributed by atoms with E-state index in [4.69, 9.17) is 0 Å². The minimum Gasteiger partial charge on any atom is -0.508 e. The van der Waals surface area contributed by atoms with Crippen molar-refractivity contribution in [1.29, 1.82) is 0 Å². The Kier molecular flexibility index (Phi) is 5.61. The number of phenols is 1. The number of amides is 1. The first-order valence-electron chi connectivity index (χ1n) is 10.0. The third-order valence-electron chi connectivity index (χ3n) is 5.60. The number of nitrogens with zero attached hydrogens (tertiary/aromatic N) is 3. The number of carbonyl (C=O) groups excluding carboxylic acids is 2. The second-order valence-electron chi connectivity index (χ2n) is 7.68. The lowest BCUT2D eigenvalue weighted by Gasteiger charge is -2.27. The Morgan fingerprint density at radius 3 is 2.33 bits per heavy atom. The van der Waals surface area contributed by atoms with Crippen LogP contribution in [0.2, 0.25) is 0 Å². The number of nitro groups is 1. The number of nitro benzene ring substituents is 1. The van der Waals surface area contributed by atoms with Crippen LogP contribution >= 0.6 is 0 Å². The summed E-state index contributed by atoms with van der Waals surface area (Å²) in [5.74, 6) is -2.43. The van der Waals surface area contributed by atoms with Crippen LogP contribution in [0.3, 0.4) is 0 Å². The molecule has 4 rings (SSSR count). The Bertz CT molecular complexity index is 1270. The predicted octanol–water partition coefficient (Wildman–Crippen LogP) is 4.03. The number of rotatable bonds is 5. The van der Waals surface area contributed by atoms with E-state index in [0.717, 1.165) is 5.56 Å². The van der Waals surface area contributed by atoms with Gasteiger partial charge in [-0.25, -0.2) is 0 Å². The summed E-state index contributed by atoms with van der Waals surface area (Å²) in [6, 6.07) is 17.1. The highest BCUT2D eigenvalue weighted by atomic mass is 16.6. The van der Waals surface area contributed by atoms with Crippen molar-refractivity contribution in [3.05, 3.63) is 99.6 Å². The van der Waals surface area contributed by atoms with Crippen LogP contribution in [-0.4, -0.2) is 32.6 Å². The minimum absolute atomic E-state index is 0.0272. The van der Waals surface area contributed by atoms with Gasteiger partial charge in [-0.15, -0.1) is 0 Å². The molecule has 3 aromatic carbocycles. The molecule has 1 amide bonds. The molecular formula is C24H19N3O6. The van der Waals surface area contributed by atoms with Crippen LogP contribution in [0.4, 0.5) is 11.4 Å². The van der Waals surface area contributed by atoms with Gasteiger partial charge in [0.1, 0.15) is 5.75 Å². The van der Waals surface area contributed by atoms with Gasteiger partial charge in [0.25, 0.3) is 11.6 Å². The lowest BCUT2D eigenvalue weighted by molar-refractivity contribution is -0.384. The highest BCUT2D eigenvalue weighted by Gasteiger charge is 2.51. The van der Waals surface area contributed by atoms with E-state index in [0.29, 0.717) is 16.8 Å². The van der Waals surface area contributed by atoms with Gasteiger partial charge < -0.3 is 10.3 Å². The van der Waals surface area contributed by atoms with Crippen molar-refractivity contribution < 1.29 is 24.8 Å². The summed E-state index contributed by atoms with van der Waals surface area (Å²) in [5, 5.41) is 33.9. The van der Waals surface area contributed by atoms with Crippen LogP contribution in [0.25, 0.3) is 0 Å². The van der Waals surface area contributed by atoms with E-state index in [1.165, 1.54) is 47.4 Å². The first-order valence-corrected chi connectivity index (χ1v) is 10.0. The maximum atomic E-state index is 13.6. The van der Waals surface area contributed by atoms with Gasteiger partial charge >= 0.3 is 0 Å². The van der Waals surface area contributed by atoms with Gasteiger partial charge in [0.05, 0.1) is 16.9 Å². The molecule has 1 aliphatic rings. The molecule has 33 heavy (non-hydrogen) atoms. The molecule has 1 aliphatic heterocycles. The number of hydrogen-bond acceptors (Lipinski definition) is 7. The number of Topliss-reactive ketones (excluding diaryl/α,β-unsaturated/α-hetero) is 1. The molecule has 0 aliphatic carbocycles. The Hall–Kier alpha value is -4.53. The Morgan fingerprint density at radius 2 is 1.73 bits per heavy atom. The average molecular weight is 445 g/mol. The van der Waals surface area contributed by atoms with E-state index in [1.807, 2.05) is 6.92 Å². The molecule has 0 bridgehead atoms. The number of phenolic OH excluding ortho intramolecular Hbond substituents is 1. The number of aromatic hydroxyl groups is 1. The fraction of sp³-hybridized carbons (Fsp3) is 0.125. The fourth-order valence-corrected chi connectivity index (χ4v) is 4.01. The molecule has 2 unspecified atom stereocenters. The molecule has 9 nitrogen and oxygen atoms in total. The zero-order valence-corrected chi connectivity index (χ0v) is 17.5. The monoisotopic (exact) mass is 445 g/mol. The van der Waals surface area contributed by atoms with Crippen LogP contribution in [0.1, 0.15) is 27.5 Å². The zero-order chi connectivity index (χ0) is 23.7. The van der Waals surface area contributed by atoms with Gasteiger partial charge in [0.2, 0.25) is 0 Å². The Labute approximate surface area is 188 Å². The first-order chi connectivity index (χ1) is 15.8. The number of non-ortho nitro benzene ring substituents is 1. The smallest absolute Gasteiger partial charge is 0.277 e. The summed E-state index contributed by atoms with van der Waals surface area (Å²) < 4.78 is 0. The van der Waals surface area contributed by atoms with E-state index in [1.54, 1.807) is 30.3 Å². The van der Waals surface area contributed by atoms with Crippen molar-refractivity contribution in [2.75, 3.05) is 4.90 Å². The maximum Gasteiger partial charge on any atom is 0.277 e. The van der Waals surface area contributed by atoms with Gasteiger partial charge in [0.15, 0.2) is 11.5 Å². The SMILES string of the molecule is Cc1ccc(C(=O)C2C(=NO)C(=O)N(c3ccc(O)cc3)C2c2cccc([N+](=O)[O-])c2)cc1. The molecule has 166 valence electrons. The van der Waals surface area contributed by atoms with E-state index in [-0.39, 0.29) is 17.1 Å². The molecule has 1 saturated heterocycles. The largest absolute Gasteiger partial charge is 0.508 e. The number of ketones is 1. The molecule has 2 N–H and O–H groups in total. The molecule has 0 spiro atoms. The summed E-state index contributed by atoms with van der Waals surface area (Å²) in [5.41, 5.74) is 1.32. The lowest BCUT2D eigenvalue weighted by Crippen LogP contribution is -2.30. The predicted molar refractivity (Wildman–Crippen MR) is 120 cm³/mol. The number of anilines is 1. The molecule has 0 radical (unpaired) electrons. The third kappa shape index (κ3) is 3.91. The number of hydrogen-bond donors (Lipinski definition) is 2. The molecule has 0 saturated carbocycles. The maximum absolute atomic E-state index is 13.6. The summed E-state index contributed by atoms with van der Waals surface area (Å²) in [6.07, 6.45) is 0. The van der Waals surface area contributed by atoms with Crippen LogP contribution < -0.4 is 4.90 Å². The summed E-state index contributed by atoms with van der Waals surface area (Å²) in [6.45, 7) is 1.87. The highest BCUT2D eigenvalue weighted by Crippen LogP contribution is 2.42. The number of oxime groups is 1. The quantitative estimate of drug-likeness (QED) is 0.264. The van der Waals surface area contributed by atoms with Crippen molar-refractivity contribution in [3.63, 3.8) is 0 Å². The standard InChI is InChI=1S/C24H19N3O6/c1-14-5-7-15(8-6-14)23(29)20-21(25-31)24(30)26(17-9-11-19(28)12-10-17)22(20)16-3-2-4-18(13-16)27(32)33/h2-13,20,22,28,31H,1H3. The number of aryl methyl sites for hydroxylation is 1. The van der Waals surface area contributed by atoms with E-state index >= 15 is 0 Å². The third-order valence-corrected chi connectivity index (χ3v) is 5.60. The van der Waals surface area contributed by atoms with Crippen LogP contribution in [0.15, 0.2) is 78.0 Å². The molecule has 3 aromatic rings. The Morgan fingerprint density at radius 1 is 1.06 bits per heavy atom. The van der Waals surface area contributed by atoms with Gasteiger partial charge in [-0.1, -0.05) is 47.1 Å². The lowest BCUT2D eigenvalue weighted by atomic mass is 9.85. The zero-order valence-electron chi connectivity index (χ0n) is 17.5. The van der Waals surface area contributed by atoms with Crippen LogP contribution in [0, 0.1) is 23.0 Å². The van der Waals surface area contributed by atoms with Crippen molar-refractivity contribution in [1.82, 2.24) is 0 Å². The summed E-state index contributed by atoms with van der Waals surface area (Å²) in [4.78, 5) is 38.9. The Balaban J connectivity index is 1.91. The summed E-state index contributed by atoms with van der Waals surface area (Å²) >= 11 is 0. The van der Waals surface area contributed by atoms with Crippen LogP contribution in [0.5, 0.6) is 5.75 Å². The number of carbonyl (C=O) groups is 2. The highest BCUT2D eigenvalue weighted by molar-refractivity contribution is 6.51. The molecule has 0 aromatic heterocycles. The van der Waals surface area contributed by atoms with Gasteiger partial charge in [-0.3, -0.25) is 24.6 Å². The van der Waals surface area contributed by atoms with Crippen molar-refractivity contribution >= 4 is 28.8 Å². The number of benzene rings is 3. The summed E-state index contributed by atoms with van der Waals surface area (Å²) in [7, 11) is 0. The topological polar surface area (TPSA) is 133 Å². The van der Waals surface area contributed by atoms with Crippen molar-refractivity contribution in [3.8, 4) is 5.75 Å². The van der Waals surface area contributed by atoms with Crippen molar-refractivity contribution in [2.45, 2.75) is 13.0 Å². The molecule has 2 atom stereocenters. The second kappa shape index (κ2) is 8.54. The van der Waals surface area contributed by atoms with E-state index in [2.05, 4.69) is 5.16 Å². The van der Waals surface area contributed by atoms with Gasteiger partial charge in [-0.05, 0) is 36.8 Å². The second-order valence-corrected chi connectivity index (χ2v) is 7.68. The normalized spacial score (nSPS) is 19.1. The molecular weight excluding hydrogens is 426 g/mol. The van der Waals surface area contributed by atoms with E-state index in [9.17, 15) is 30.0 Å². The van der Waals surface area contributed by atoms with Gasteiger partial charge in [0, 0.05) is 23.4 Å². The van der Waals surface area contributed by atoms with Crippen LogP contribution in [-0.2, 0) is 4.79 Å². The molecule has 9 heteroatoms. The van der Waals surface area contributed by atoms with E-state index < -0.39 is 28.6 Å². The fourth-order valence-electron chi connectivity index (χ4n) is 4.01. The first kappa shape index (κ1) is 21.7. The van der Waals surface area contributed by atoms with Crippen molar-refractivity contribution in [2.24, 2.45) is 11.1 Å². The van der Waals surface area contributed by atoms with Gasteiger partial charge in [-0.2, -0.15) is 0 Å². The average Bonchev–Trinajstić information content (AvgIpc) is 3.11. The molecule has 1 heterocycles. The minimum atomic E-state index is -1.22.